The standard InChI is InChI=1S/C11H18BNO4/c1-5-8-6-7-9(12(15)16)13(8)10(14)17-11(2,3)4/h6-7,15-16H,5H2,1-4H3. The van der Waals surface area contributed by atoms with Gasteiger partial charge in [0.1, 0.15) is 5.60 Å². The van der Waals surface area contributed by atoms with Crippen molar-refractivity contribution in [2.75, 3.05) is 0 Å². The Morgan fingerprint density at radius 1 is 1.41 bits per heavy atom. The Labute approximate surface area is 101 Å². The molecule has 1 aromatic rings. The third-order valence-electron chi connectivity index (χ3n) is 2.19. The van der Waals surface area contributed by atoms with Crippen molar-refractivity contribution in [2.24, 2.45) is 0 Å². The first-order valence-electron chi connectivity index (χ1n) is 5.56. The molecule has 17 heavy (non-hydrogen) atoms. The second kappa shape index (κ2) is 4.93. The first kappa shape index (κ1) is 13.8. The molecular weight excluding hydrogens is 221 g/mol. The summed E-state index contributed by atoms with van der Waals surface area (Å²) in [6.45, 7) is 7.16. The maximum Gasteiger partial charge on any atom is 0.506 e. The SMILES string of the molecule is CCc1ccc(B(O)O)n1C(=O)OC(C)(C)C. The van der Waals surface area contributed by atoms with Gasteiger partial charge in [-0.2, -0.15) is 0 Å². The molecule has 1 heterocycles. The summed E-state index contributed by atoms with van der Waals surface area (Å²) in [5.41, 5.74) is 0.183. The lowest BCUT2D eigenvalue weighted by atomic mass is 9.86. The second-order valence-electron chi connectivity index (χ2n) is 4.79. The van der Waals surface area contributed by atoms with Crippen LogP contribution in [0.1, 0.15) is 33.4 Å². The van der Waals surface area contributed by atoms with E-state index in [0.717, 1.165) is 0 Å². The van der Waals surface area contributed by atoms with E-state index in [4.69, 9.17) is 4.74 Å². The molecule has 0 aromatic carbocycles. The van der Waals surface area contributed by atoms with E-state index in [2.05, 4.69) is 0 Å². The zero-order chi connectivity index (χ0) is 13.2. The number of ether oxygens (including phenoxy) is 1. The van der Waals surface area contributed by atoms with Gasteiger partial charge in [-0.25, -0.2) is 4.79 Å². The smallest absolute Gasteiger partial charge is 0.443 e. The van der Waals surface area contributed by atoms with Crippen LogP contribution in [0.4, 0.5) is 4.79 Å². The lowest BCUT2D eigenvalue weighted by Gasteiger charge is -2.21. The molecule has 0 aliphatic heterocycles. The van der Waals surface area contributed by atoms with E-state index in [-0.39, 0.29) is 5.59 Å². The highest BCUT2D eigenvalue weighted by molar-refractivity contribution is 6.58. The van der Waals surface area contributed by atoms with Crippen LogP contribution in [-0.4, -0.2) is 33.4 Å². The number of carbonyl (C=O) groups is 1. The zero-order valence-corrected chi connectivity index (χ0v) is 10.6. The molecular formula is C11H18BNO4. The number of hydrogen-bond acceptors (Lipinski definition) is 4. The second-order valence-corrected chi connectivity index (χ2v) is 4.79. The summed E-state index contributed by atoms with van der Waals surface area (Å²) in [5.74, 6) is 0. The highest BCUT2D eigenvalue weighted by Gasteiger charge is 2.26. The van der Waals surface area contributed by atoms with Crippen LogP contribution < -0.4 is 5.59 Å². The molecule has 6 heteroatoms. The van der Waals surface area contributed by atoms with E-state index in [9.17, 15) is 14.8 Å². The maximum atomic E-state index is 11.9. The molecule has 94 valence electrons. The summed E-state index contributed by atoms with van der Waals surface area (Å²) in [6.07, 6.45) is 0.00818. The molecule has 0 amide bonds. The van der Waals surface area contributed by atoms with Crippen molar-refractivity contribution in [1.29, 1.82) is 0 Å². The minimum atomic E-state index is -1.69. The molecule has 1 rings (SSSR count). The minimum Gasteiger partial charge on any atom is -0.443 e. The minimum absolute atomic E-state index is 0.121. The number of hydrogen-bond donors (Lipinski definition) is 2. The number of nitrogens with zero attached hydrogens (tertiary/aromatic N) is 1. The van der Waals surface area contributed by atoms with E-state index in [1.165, 1.54) is 10.6 Å². The van der Waals surface area contributed by atoms with Crippen LogP contribution in [-0.2, 0) is 11.2 Å². The monoisotopic (exact) mass is 239 g/mol. The Morgan fingerprint density at radius 3 is 2.41 bits per heavy atom. The first-order valence-corrected chi connectivity index (χ1v) is 5.56. The van der Waals surface area contributed by atoms with Crippen LogP contribution in [0.5, 0.6) is 0 Å². The fraction of sp³-hybridized carbons (Fsp3) is 0.545. The Balaban J connectivity index is 3.10. The topological polar surface area (TPSA) is 71.7 Å². The fourth-order valence-electron chi connectivity index (χ4n) is 1.50. The van der Waals surface area contributed by atoms with E-state index in [0.29, 0.717) is 12.1 Å². The van der Waals surface area contributed by atoms with Crippen LogP contribution in [0.15, 0.2) is 12.1 Å². The molecule has 1 aromatic heterocycles. The Hall–Kier alpha value is -1.27. The summed E-state index contributed by atoms with van der Waals surface area (Å²) in [6, 6.07) is 3.19. The van der Waals surface area contributed by atoms with Crippen LogP contribution in [0.3, 0.4) is 0 Å². The van der Waals surface area contributed by atoms with Crippen molar-refractivity contribution in [3.8, 4) is 0 Å². The molecule has 0 aliphatic rings. The van der Waals surface area contributed by atoms with E-state index >= 15 is 0 Å². The van der Waals surface area contributed by atoms with Crippen molar-refractivity contribution in [2.45, 2.75) is 39.7 Å². The highest BCUT2D eigenvalue weighted by atomic mass is 16.6. The number of carbonyl (C=O) groups excluding carboxylic acids is 1. The molecule has 0 saturated heterocycles. The summed E-state index contributed by atoms with van der Waals surface area (Å²) >= 11 is 0. The molecule has 0 radical (unpaired) electrons. The third kappa shape index (κ3) is 3.34. The molecule has 0 spiro atoms. The predicted octanol–water partition coefficient (Wildman–Crippen LogP) is 0.513. The van der Waals surface area contributed by atoms with Crippen molar-refractivity contribution in [1.82, 2.24) is 4.57 Å². The van der Waals surface area contributed by atoms with Gasteiger partial charge in [0.2, 0.25) is 0 Å². The number of rotatable bonds is 2. The molecule has 0 aliphatic carbocycles. The third-order valence-corrected chi connectivity index (χ3v) is 2.19. The van der Waals surface area contributed by atoms with Gasteiger partial charge in [0.25, 0.3) is 0 Å². The Bertz CT molecular complexity index is 406. The Morgan fingerprint density at radius 2 is 2.00 bits per heavy atom. The summed E-state index contributed by atoms with van der Waals surface area (Å²) < 4.78 is 6.42. The van der Waals surface area contributed by atoms with Gasteiger partial charge in [-0.3, -0.25) is 4.57 Å². The molecule has 0 saturated carbocycles. The predicted molar refractivity (Wildman–Crippen MR) is 65.3 cm³/mol. The van der Waals surface area contributed by atoms with Gasteiger partial charge in [0, 0.05) is 5.69 Å². The van der Waals surface area contributed by atoms with Gasteiger partial charge in [0.05, 0.1) is 5.59 Å². The molecule has 0 atom stereocenters. The van der Waals surface area contributed by atoms with Crippen LogP contribution in [0.2, 0.25) is 0 Å². The normalized spacial score (nSPS) is 11.4. The first-order chi connectivity index (χ1) is 7.76. The van der Waals surface area contributed by atoms with Gasteiger partial charge in [0.15, 0.2) is 0 Å². The Kier molecular flexibility index (Phi) is 4.01. The molecule has 0 unspecified atom stereocenters. The summed E-state index contributed by atoms with van der Waals surface area (Å²) in [7, 11) is -1.69. The van der Waals surface area contributed by atoms with Crippen molar-refractivity contribution in [3.05, 3.63) is 17.8 Å². The quantitative estimate of drug-likeness (QED) is 0.738. The molecule has 2 N–H and O–H groups in total. The van der Waals surface area contributed by atoms with Crippen LogP contribution in [0.25, 0.3) is 0 Å². The largest absolute Gasteiger partial charge is 0.506 e. The average molecular weight is 239 g/mol. The van der Waals surface area contributed by atoms with Gasteiger partial charge in [-0.15, -0.1) is 0 Å². The maximum absolute atomic E-state index is 11.9. The lowest BCUT2D eigenvalue weighted by molar-refractivity contribution is 0.0536. The number of aryl methyl sites for hydroxylation is 1. The highest BCUT2D eigenvalue weighted by Crippen LogP contribution is 2.11. The van der Waals surface area contributed by atoms with Gasteiger partial charge in [-0.05, 0) is 39.3 Å². The van der Waals surface area contributed by atoms with Crippen molar-refractivity contribution >= 4 is 18.8 Å². The van der Waals surface area contributed by atoms with Crippen molar-refractivity contribution in [3.63, 3.8) is 0 Å². The summed E-state index contributed by atoms with van der Waals surface area (Å²) in [4.78, 5) is 11.9. The fourth-order valence-corrected chi connectivity index (χ4v) is 1.50. The van der Waals surface area contributed by atoms with Crippen LogP contribution in [0, 0.1) is 0 Å². The van der Waals surface area contributed by atoms with Gasteiger partial charge in [-0.1, -0.05) is 6.92 Å². The lowest BCUT2D eigenvalue weighted by Crippen LogP contribution is -2.41. The zero-order valence-electron chi connectivity index (χ0n) is 10.6. The van der Waals surface area contributed by atoms with E-state index < -0.39 is 18.8 Å². The molecule has 0 fully saturated rings. The van der Waals surface area contributed by atoms with Gasteiger partial charge >= 0.3 is 13.2 Å². The summed E-state index contributed by atoms with van der Waals surface area (Å²) in [5, 5.41) is 18.4. The van der Waals surface area contributed by atoms with E-state index in [1.54, 1.807) is 26.8 Å². The van der Waals surface area contributed by atoms with Gasteiger partial charge < -0.3 is 14.8 Å². The number of aromatic nitrogens is 1. The van der Waals surface area contributed by atoms with Crippen molar-refractivity contribution < 1.29 is 19.6 Å². The molecule has 5 nitrogen and oxygen atoms in total. The molecule has 0 bridgehead atoms. The van der Waals surface area contributed by atoms with E-state index in [1.807, 2.05) is 6.92 Å². The van der Waals surface area contributed by atoms with Crippen LogP contribution >= 0.6 is 0 Å². The average Bonchev–Trinajstić information content (AvgIpc) is 2.57.